The quantitative estimate of drug-likeness (QED) is 0.842. The zero-order valence-electron chi connectivity index (χ0n) is 14.5. The van der Waals surface area contributed by atoms with Crippen LogP contribution in [0.3, 0.4) is 0 Å². The van der Waals surface area contributed by atoms with Gasteiger partial charge in [-0.3, -0.25) is 4.79 Å². The van der Waals surface area contributed by atoms with E-state index in [0.717, 1.165) is 29.7 Å². The number of benzene rings is 2. The second-order valence-electron chi connectivity index (χ2n) is 6.61. The average molecular weight is 338 g/mol. The van der Waals surface area contributed by atoms with Gasteiger partial charge in [0.1, 0.15) is 12.4 Å². The van der Waals surface area contributed by atoms with Gasteiger partial charge in [0.2, 0.25) is 0 Å². The Hall–Kier alpha value is -2.33. The minimum absolute atomic E-state index is 0.0174. The van der Waals surface area contributed by atoms with E-state index in [1.54, 1.807) is 0 Å². The van der Waals surface area contributed by atoms with Crippen LogP contribution in [0, 0.1) is 0 Å². The first kappa shape index (κ1) is 17.5. The molecule has 3 rings (SSSR count). The maximum Gasteiger partial charge on any atom is 0.251 e. The van der Waals surface area contributed by atoms with Crippen molar-refractivity contribution < 1.29 is 9.53 Å². The first-order valence-electron chi connectivity index (χ1n) is 9.07. The zero-order valence-corrected chi connectivity index (χ0v) is 14.5. The van der Waals surface area contributed by atoms with Gasteiger partial charge in [0.05, 0.1) is 0 Å². The van der Waals surface area contributed by atoms with Gasteiger partial charge in [-0.25, -0.2) is 0 Å². The lowest BCUT2D eigenvalue weighted by atomic mass is 9.95. The van der Waals surface area contributed by atoms with Gasteiger partial charge in [-0.15, -0.1) is 0 Å². The van der Waals surface area contributed by atoms with Crippen molar-refractivity contribution >= 4 is 5.91 Å². The summed E-state index contributed by atoms with van der Waals surface area (Å²) in [6.07, 6.45) is 5.83. The second kappa shape index (κ2) is 8.67. The van der Waals surface area contributed by atoms with Crippen LogP contribution in [0.5, 0.6) is 5.75 Å². The minimum Gasteiger partial charge on any atom is -0.489 e. The minimum atomic E-state index is -0.0174. The van der Waals surface area contributed by atoms with Gasteiger partial charge < -0.3 is 15.8 Å². The molecule has 1 aliphatic carbocycles. The zero-order chi connectivity index (χ0) is 17.5. The third-order valence-corrected chi connectivity index (χ3v) is 4.72. The molecule has 2 aromatic rings. The molecule has 3 N–H and O–H groups in total. The molecule has 1 amide bonds. The predicted molar refractivity (Wildman–Crippen MR) is 99.4 cm³/mol. The second-order valence-corrected chi connectivity index (χ2v) is 6.61. The summed E-state index contributed by atoms with van der Waals surface area (Å²) in [4.78, 5) is 12.5. The number of amides is 1. The van der Waals surface area contributed by atoms with Gasteiger partial charge in [0.25, 0.3) is 5.91 Å². The number of hydrogen-bond donors (Lipinski definition) is 2. The normalized spacial score (nSPS) is 14.9. The van der Waals surface area contributed by atoms with Gasteiger partial charge in [0, 0.05) is 23.7 Å². The van der Waals surface area contributed by atoms with E-state index in [2.05, 4.69) is 5.32 Å². The summed E-state index contributed by atoms with van der Waals surface area (Å²) in [5.41, 5.74) is 8.47. The number of ether oxygens (including phenoxy) is 1. The molecular formula is C21H26N2O2. The Morgan fingerprint density at radius 2 is 1.84 bits per heavy atom. The van der Waals surface area contributed by atoms with Crippen LogP contribution in [0.2, 0.25) is 0 Å². The van der Waals surface area contributed by atoms with Crippen LogP contribution in [0.4, 0.5) is 0 Å². The van der Waals surface area contributed by atoms with Crippen molar-refractivity contribution in [3.63, 3.8) is 0 Å². The Kier molecular flexibility index (Phi) is 6.07. The average Bonchev–Trinajstić information content (AvgIpc) is 2.67. The Morgan fingerprint density at radius 3 is 2.56 bits per heavy atom. The molecule has 1 aliphatic rings. The molecule has 132 valence electrons. The van der Waals surface area contributed by atoms with Crippen molar-refractivity contribution in [2.24, 2.45) is 5.73 Å². The van der Waals surface area contributed by atoms with Crippen LogP contribution >= 0.6 is 0 Å². The van der Waals surface area contributed by atoms with Crippen LogP contribution in [0.15, 0.2) is 48.5 Å². The number of hydrogen-bond acceptors (Lipinski definition) is 3. The van der Waals surface area contributed by atoms with E-state index in [1.807, 2.05) is 48.5 Å². The fourth-order valence-corrected chi connectivity index (χ4v) is 3.27. The topological polar surface area (TPSA) is 64.4 Å². The number of carbonyl (C=O) groups is 1. The van der Waals surface area contributed by atoms with Crippen molar-refractivity contribution in [1.82, 2.24) is 5.32 Å². The molecule has 0 heterocycles. The molecule has 1 saturated carbocycles. The number of carbonyl (C=O) groups excluding carboxylic acids is 1. The summed E-state index contributed by atoms with van der Waals surface area (Å²) in [6, 6.07) is 15.8. The SMILES string of the molecule is NCc1cc(C(=O)NC2CCCCC2)ccc1OCc1ccccc1. The van der Waals surface area contributed by atoms with E-state index in [9.17, 15) is 4.79 Å². The highest BCUT2D eigenvalue weighted by Crippen LogP contribution is 2.22. The highest BCUT2D eigenvalue weighted by molar-refractivity contribution is 5.94. The molecule has 4 nitrogen and oxygen atoms in total. The molecule has 1 fully saturated rings. The van der Waals surface area contributed by atoms with Crippen molar-refractivity contribution in [3.8, 4) is 5.75 Å². The Morgan fingerprint density at radius 1 is 1.08 bits per heavy atom. The molecule has 0 unspecified atom stereocenters. The van der Waals surface area contributed by atoms with Crippen molar-refractivity contribution in [2.45, 2.75) is 51.3 Å². The summed E-state index contributed by atoms with van der Waals surface area (Å²) in [6.45, 7) is 0.829. The van der Waals surface area contributed by atoms with Crippen LogP contribution in [0.1, 0.15) is 53.6 Å². The van der Waals surface area contributed by atoms with Crippen LogP contribution in [-0.4, -0.2) is 11.9 Å². The van der Waals surface area contributed by atoms with Gasteiger partial charge in [-0.2, -0.15) is 0 Å². The maximum atomic E-state index is 12.5. The third-order valence-electron chi connectivity index (χ3n) is 4.72. The molecule has 2 aromatic carbocycles. The van der Waals surface area contributed by atoms with Gasteiger partial charge in [-0.1, -0.05) is 49.6 Å². The molecule has 0 aromatic heterocycles. The van der Waals surface area contributed by atoms with Crippen molar-refractivity contribution in [1.29, 1.82) is 0 Å². The summed E-state index contributed by atoms with van der Waals surface area (Å²) >= 11 is 0. The molecule has 0 aliphatic heterocycles. The summed E-state index contributed by atoms with van der Waals surface area (Å²) in [5, 5.41) is 3.14. The van der Waals surface area contributed by atoms with Crippen molar-refractivity contribution in [2.75, 3.05) is 0 Å². The molecule has 0 radical (unpaired) electrons. The summed E-state index contributed by atoms with van der Waals surface area (Å²) in [5.74, 6) is 0.719. The van der Waals surface area contributed by atoms with E-state index in [1.165, 1.54) is 19.3 Å². The molecular weight excluding hydrogens is 312 g/mol. The first-order valence-corrected chi connectivity index (χ1v) is 9.07. The van der Waals surface area contributed by atoms with Crippen LogP contribution < -0.4 is 15.8 Å². The third kappa shape index (κ3) is 4.83. The molecule has 0 saturated heterocycles. The summed E-state index contributed by atoms with van der Waals surface area (Å²) < 4.78 is 5.89. The molecule has 0 spiro atoms. The summed E-state index contributed by atoms with van der Waals surface area (Å²) in [7, 11) is 0. The smallest absolute Gasteiger partial charge is 0.251 e. The van der Waals surface area contributed by atoms with Crippen LogP contribution in [-0.2, 0) is 13.2 Å². The number of nitrogens with two attached hydrogens (primary N) is 1. The monoisotopic (exact) mass is 338 g/mol. The van der Waals surface area contributed by atoms with Crippen molar-refractivity contribution in [3.05, 3.63) is 65.2 Å². The van der Waals surface area contributed by atoms with E-state index in [0.29, 0.717) is 24.8 Å². The molecule has 4 heteroatoms. The Bertz CT molecular complexity index is 694. The van der Waals surface area contributed by atoms with Gasteiger partial charge in [-0.05, 0) is 36.6 Å². The lowest BCUT2D eigenvalue weighted by Gasteiger charge is -2.23. The Balaban J connectivity index is 1.65. The lowest BCUT2D eigenvalue weighted by molar-refractivity contribution is 0.0927. The number of nitrogens with one attached hydrogen (secondary N) is 1. The van der Waals surface area contributed by atoms with Gasteiger partial charge >= 0.3 is 0 Å². The van der Waals surface area contributed by atoms with E-state index in [-0.39, 0.29) is 5.91 Å². The van der Waals surface area contributed by atoms with E-state index < -0.39 is 0 Å². The molecule has 0 bridgehead atoms. The van der Waals surface area contributed by atoms with Crippen LogP contribution in [0.25, 0.3) is 0 Å². The van der Waals surface area contributed by atoms with Gasteiger partial charge in [0.15, 0.2) is 0 Å². The first-order chi connectivity index (χ1) is 12.3. The van der Waals surface area contributed by atoms with E-state index >= 15 is 0 Å². The highest BCUT2D eigenvalue weighted by Gasteiger charge is 2.17. The highest BCUT2D eigenvalue weighted by atomic mass is 16.5. The standard InChI is InChI=1S/C21H26N2O2/c22-14-18-13-17(21(24)23-19-9-5-2-6-10-19)11-12-20(18)25-15-16-7-3-1-4-8-16/h1,3-4,7-8,11-13,19H,2,5-6,9-10,14-15,22H2,(H,23,24). The Labute approximate surface area is 149 Å². The lowest BCUT2D eigenvalue weighted by Crippen LogP contribution is -2.36. The molecule has 0 atom stereocenters. The molecule has 25 heavy (non-hydrogen) atoms. The fraction of sp³-hybridized carbons (Fsp3) is 0.381. The van der Waals surface area contributed by atoms with E-state index in [4.69, 9.17) is 10.5 Å². The predicted octanol–water partition coefficient (Wildman–Crippen LogP) is 3.79. The fourth-order valence-electron chi connectivity index (χ4n) is 3.27. The largest absolute Gasteiger partial charge is 0.489 e. The maximum absolute atomic E-state index is 12.5. The number of rotatable bonds is 6.